The van der Waals surface area contributed by atoms with Gasteiger partial charge in [0, 0.05) is 4.88 Å². The van der Waals surface area contributed by atoms with Crippen LogP contribution >= 0.6 is 11.3 Å². The smallest absolute Gasteiger partial charge is 0.155 e. The van der Waals surface area contributed by atoms with E-state index in [2.05, 4.69) is 32.3 Å². The fraction of sp³-hybridized carbons (Fsp3) is 0.231. The summed E-state index contributed by atoms with van der Waals surface area (Å²) in [6, 6.07) is 4.10. The van der Waals surface area contributed by atoms with Crippen LogP contribution in [0.25, 0.3) is 5.82 Å². The van der Waals surface area contributed by atoms with Crippen molar-refractivity contribution in [2.75, 3.05) is 5.32 Å². The van der Waals surface area contributed by atoms with E-state index in [4.69, 9.17) is 0 Å². The number of anilines is 1. The first-order valence-corrected chi connectivity index (χ1v) is 7.09. The van der Waals surface area contributed by atoms with Crippen LogP contribution < -0.4 is 5.32 Å². The minimum absolute atomic E-state index is 0.210. The normalized spacial score (nSPS) is 12.3. The zero-order valence-corrected chi connectivity index (χ0v) is 12.0. The highest BCUT2D eigenvalue weighted by Gasteiger charge is 2.11. The number of nitrogens with zero attached hydrogens (tertiary/aromatic N) is 5. The highest BCUT2D eigenvalue weighted by atomic mass is 32.1. The summed E-state index contributed by atoms with van der Waals surface area (Å²) in [6.07, 6.45) is 4.91. The lowest BCUT2D eigenvalue weighted by molar-refractivity contribution is 0.842. The molecule has 0 aliphatic rings. The molecule has 0 radical (unpaired) electrons. The molecule has 3 aromatic rings. The molecule has 0 amide bonds. The fourth-order valence-electron chi connectivity index (χ4n) is 1.98. The summed E-state index contributed by atoms with van der Waals surface area (Å²) < 4.78 is 1.63. The van der Waals surface area contributed by atoms with Crippen LogP contribution in [0.5, 0.6) is 0 Å². The van der Waals surface area contributed by atoms with Crippen LogP contribution in [0.1, 0.15) is 23.5 Å². The molecule has 0 fully saturated rings. The van der Waals surface area contributed by atoms with E-state index in [1.165, 1.54) is 11.2 Å². The molecule has 3 heterocycles. The zero-order valence-electron chi connectivity index (χ0n) is 11.2. The van der Waals surface area contributed by atoms with Gasteiger partial charge in [-0.3, -0.25) is 0 Å². The minimum Gasteiger partial charge on any atom is -0.376 e. The van der Waals surface area contributed by atoms with E-state index in [0.717, 1.165) is 17.2 Å². The third-order valence-corrected chi connectivity index (χ3v) is 4.07. The van der Waals surface area contributed by atoms with Gasteiger partial charge in [-0.05, 0) is 26.0 Å². The molecule has 7 heteroatoms. The molecule has 1 N–H and O–H groups in total. The number of hydrogen-bond acceptors (Lipinski definition) is 6. The van der Waals surface area contributed by atoms with Crippen molar-refractivity contribution in [2.45, 2.75) is 19.9 Å². The van der Waals surface area contributed by atoms with E-state index in [9.17, 15) is 0 Å². The van der Waals surface area contributed by atoms with Crippen molar-refractivity contribution in [3.63, 3.8) is 0 Å². The quantitative estimate of drug-likeness (QED) is 0.798. The SMILES string of the molecule is Cc1ncsc1C(C)Nc1ccc(-n2cncn2)nc1. The van der Waals surface area contributed by atoms with Gasteiger partial charge in [-0.15, -0.1) is 11.3 Å². The van der Waals surface area contributed by atoms with Crippen LogP contribution in [-0.4, -0.2) is 24.7 Å². The highest BCUT2D eigenvalue weighted by molar-refractivity contribution is 7.09. The Kier molecular flexibility index (Phi) is 3.42. The van der Waals surface area contributed by atoms with Gasteiger partial charge in [0.1, 0.15) is 12.7 Å². The summed E-state index contributed by atoms with van der Waals surface area (Å²) >= 11 is 1.66. The van der Waals surface area contributed by atoms with Gasteiger partial charge in [-0.25, -0.2) is 19.6 Å². The Hall–Kier alpha value is -2.28. The van der Waals surface area contributed by atoms with Gasteiger partial charge < -0.3 is 5.32 Å². The summed E-state index contributed by atoms with van der Waals surface area (Å²) in [5.41, 5.74) is 3.91. The Morgan fingerprint density at radius 1 is 1.30 bits per heavy atom. The predicted molar refractivity (Wildman–Crippen MR) is 78.0 cm³/mol. The molecule has 3 rings (SSSR count). The number of nitrogens with one attached hydrogen (secondary N) is 1. The molecule has 20 heavy (non-hydrogen) atoms. The number of aromatic nitrogens is 5. The third kappa shape index (κ3) is 2.53. The van der Waals surface area contributed by atoms with Crippen LogP contribution in [-0.2, 0) is 0 Å². The summed E-state index contributed by atoms with van der Waals surface area (Å²) in [7, 11) is 0. The summed E-state index contributed by atoms with van der Waals surface area (Å²) in [6.45, 7) is 4.14. The molecule has 0 aromatic carbocycles. The molecule has 0 aliphatic heterocycles. The van der Waals surface area contributed by atoms with E-state index in [-0.39, 0.29) is 6.04 Å². The van der Waals surface area contributed by atoms with Gasteiger partial charge in [0.2, 0.25) is 0 Å². The van der Waals surface area contributed by atoms with E-state index in [1.54, 1.807) is 28.5 Å². The van der Waals surface area contributed by atoms with Crippen LogP contribution in [0.3, 0.4) is 0 Å². The van der Waals surface area contributed by atoms with Crippen molar-refractivity contribution in [3.8, 4) is 5.82 Å². The molecule has 0 bridgehead atoms. The first kappa shape index (κ1) is 12.7. The fourth-order valence-corrected chi connectivity index (χ4v) is 2.79. The molecule has 0 saturated heterocycles. The number of thiazole rings is 1. The van der Waals surface area contributed by atoms with Gasteiger partial charge >= 0.3 is 0 Å². The standard InChI is InChI=1S/C13H14N6S/c1-9-13(20-8-16-9)10(2)18-11-3-4-12(15-5-11)19-7-14-6-17-19/h3-8,10,18H,1-2H3. The van der Waals surface area contributed by atoms with Gasteiger partial charge in [-0.2, -0.15) is 5.10 Å². The number of aryl methyl sites for hydroxylation is 1. The van der Waals surface area contributed by atoms with Gasteiger partial charge in [0.15, 0.2) is 5.82 Å². The number of hydrogen-bond donors (Lipinski definition) is 1. The maximum absolute atomic E-state index is 4.36. The van der Waals surface area contributed by atoms with Gasteiger partial charge in [0.05, 0.1) is 29.1 Å². The maximum atomic E-state index is 4.36. The van der Waals surface area contributed by atoms with Crippen molar-refractivity contribution in [1.82, 2.24) is 24.7 Å². The van der Waals surface area contributed by atoms with Gasteiger partial charge in [-0.1, -0.05) is 0 Å². The Labute approximate surface area is 120 Å². The highest BCUT2D eigenvalue weighted by Crippen LogP contribution is 2.24. The van der Waals surface area contributed by atoms with Crippen molar-refractivity contribution < 1.29 is 0 Å². The Bertz CT molecular complexity index is 673. The lowest BCUT2D eigenvalue weighted by atomic mass is 10.2. The molecule has 0 spiro atoms. The van der Waals surface area contributed by atoms with Crippen LogP contribution in [0.4, 0.5) is 5.69 Å². The second-order valence-corrected chi connectivity index (χ2v) is 5.30. The lowest BCUT2D eigenvalue weighted by Crippen LogP contribution is -2.07. The molecule has 102 valence electrons. The van der Waals surface area contributed by atoms with Crippen molar-refractivity contribution >= 4 is 17.0 Å². The summed E-state index contributed by atoms with van der Waals surface area (Å²) in [4.78, 5) is 13.8. The van der Waals surface area contributed by atoms with Crippen molar-refractivity contribution in [1.29, 1.82) is 0 Å². The van der Waals surface area contributed by atoms with E-state index >= 15 is 0 Å². The first-order valence-electron chi connectivity index (χ1n) is 6.21. The maximum Gasteiger partial charge on any atom is 0.155 e. The molecular weight excluding hydrogens is 272 g/mol. The second kappa shape index (κ2) is 5.38. The molecule has 1 unspecified atom stereocenters. The Morgan fingerprint density at radius 3 is 2.80 bits per heavy atom. The van der Waals surface area contributed by atoms with Crippen LogP contribution in [0.15, 0.2) is 36.5 Å². The minimum atomic E-state index is 0.210. The van der Waals surface area contributed by atoms with E-state index in [0.29, 0.717) is 0 Å². The first-order chi connectivity index (χ1) is 9.74. The Morgan fingerprint density at radius 2 is 2.20 bits per heavy atom. The summed E-state index contributed by atoms with van der Waals surface area (Å²) in [5, 5.41) is 7.47. The molecule has 0 aliphatic carbocycles. The lowest BCUT2D eigenvalue weighted by Gasteiger charge is -2.14. The molecular formula is C13H14N6S. The van der Waals surface area contributed by atoms with E-state index < -0.39 is 0 Å². The monoisotopic (exact) mass is 286 g/mol. The molecule has 1 atom stereocenters. The second-order valence-electron chi connectivity index (χ2n) is 4.41. The molecule has 3 aromatic heterocycles. The topological polar surface area (TPSA) is 68.5 Å². The predicted octanol–water partition coefficient (Wildman–Crippen LogP) is 2.60. The molecule has 0 saturated carbocycles. The zero-order chi connectivity index (χ0) is 13.9. The van der Waals surface area contributed by atoms with Crippen LogP contribution in [0.2, 0.25) is 0 Å². The average molecular weight is 286 g/mol. The number of rotatable bonds is 4. The van der Waals surface area contributed by atoms with Crippen LogP contribution in [0, 0.1) is 6.92 Å². The van der Waals surface area contributed by atoms with E-state index in [1.807, 2.05) is 24.6 Å². The van der Waals surface area contributed by atoms with Crippen molar-refractivity contribution in [2.24, 2.45) is 0 Å². The Balaban J connectivity index is 1.74. The number of pyridine rings is 1. The third-order valence-electron chi connectivity index (χ3n) is 2.96. The molecule has 6 nitrogen and oxygen atoms in total. The summed E-state index contributed by atoms with van der Waals surface area (Å²) in [5.74, 6) is 0.745. The average Bonchev–Trinajstić information content (AvgIpc) is 3.10. The van der Waals surface area contributed by atoms with Crippen molar-refractivity contribution in [3.05, 3.63) is 47.1 Å². The largest absolute Gasteiger partial charge is 0.376 e. The van der Waals surface area contributed by atoms with Gasteiger partial charge in [0.25, 0.3) is 0 Å².